The zero-order valence-corrected chi connectivity index (χ0v) is 17.8. The molecule has 5 aliphatic rings. The van der Waals surface area contributed by atoms with E-state index in [1.54, 1.807) is 28.9 Å². The van der Waals surface area contributed by atoms with E-state index in [2.05, 4.69) is 24.9 Å². The summed E-state index contributed by atoms with van der Waals surface area (Å²) in [7, 11) is 0. The molecule has 0 bridgehead atoms. The molecule has 4 heteroatoms. The first-order valence-electron chi connectivity index (χ1n) is 11.4. The zero-order valence-electron chi connectivity index (χ0n) is 17.8. The van der Waals surface area contributed by atoms with Crippen LogP contribution in [0, 0.1) is 17.3 Å². The van der Waals surface area contributed by atoms with Gasteiger partial charge in [-0.25, -0.2) is 4.79 Å². The second kappa shape index (κ2) is 7.40. The molecule has 0 spiro atoms. The van der Waals surface area contributed by atoms with Gasteiger partial charge in [0.15, 0.2) is 5.78 Å². The van der Waals surface area contributed by atoms with E-state index in [1.165, 1.54) is 43.8 Å². The van der Waals surface area contributed by atoms with Crippen LogP contribution in [-0.2, 0) is 9.53 Å². The van der Waals surface area contributed by atoms with E-state index in [9.17, 15) is 9.59 Å². The van der Waals surface area contributed by atoms with Crippen LogP contribution in [0.3, 0.4) is 0 Å². The minimum Gasteiger partial charge on any atom is -0.445 e. The SMILES string of the molecule is C=C1C[C@H](OC(=O)NC2=CC(=O)CC=C2)[C@@]2(C)CCC3=C4CCCC=C4CCC3[C@@H]12. The highest BCUT2D eigenvalue weighted by atomic mass is 16.6. The molecule has 0 aromatic heterocycles. The monoisotopic (exact) mass is 405 g/mol. The molecule has 0 aromatic rings. The molecule has 1 unspecified atom stereocenters. The standard InChI is InChI=1S/C26H31NO3/c1-16-14-23(30-25(29)27-18-7-5-8-19(28)15-18)26(2)13-12-21-20-9-4-3-6-17(20)10-11-22(21)24(16)26/h5-7,15,22-24H,1,3-4,8-14H2,2H3,(H,27,29)/t22?,23-,24+,26+/m0/s1. The Morgan fingerprint density at radius 2 is 2.17 bits per heavy atom. The Bertz CT molecular complexity index is 934. The Morgan fingerprint density at radius 3 is 3.00 bits per heavy atom. The molecule has 158 valence electrons. The zero-order chi connectivity index (χ0) is 20.9. The van der Waals surface area contributed by atoms with Crippen LogP contribution >= 0.6 is 0 Å². The number of nitrogens with one attached hydrogen (secondary N) is 1. The maximum Gasteiger partial charge on any atom is 0.411 e. The second-order valence-electron chi connectivity index (χ2n) is 9.81. The molecule has 2 fully saturated rings. The van der Waals surface area contributed by atoms with Gasteiger partial charge in [0.05, 0.1) is 0 Å². The Kier molecular flexibility index (Phi) is 4.83. The van der Waals surface area contributed by atoms with Gasteiger partial charge in [-0.3, -0.25) is 10.1 Å². The molecule has 1 N–H and O–H groups in total. The predicted octanol–water partition coefficient (Wildman–Crippen LogP) is 5.69. The minimum atomic E-state index is -0.467. The molecule has 4 atom stereocenters. The van der Waals surface area contributed by atoms with Crippen molar-refractivity contribution in [3.05, 3.63) is 58.9 Å². The van der Waals surface area contributed by atoms with Crippen molar-refractivity contribution in [1.82, 2.24) is 5.32 Å². The normalized spacial score (nSPS) is 35.2. The van der Waals surface area contributed by atoms with Gasteiger partial charge in [-0.2, -0.15) is 0 Å². The lowest BCUT2D eigenvalue weighted by molar-refractivity contribution is -0.113. The number of rotatable bonds is 2. The van der Waals surface area contributed by atoms with E-state index in [0.717, 1.165) is 19.3 Å². The predicted molar refractivity (Wildman–Crippen MR) is 117 cm³/mol. The van der Waals surface area contributed by atoms with Crippen molar-refractivity contribution in [2.75, 3.05) is 0 Å². The van der Waals surface area contributed by atoms with Crippen LogP contribution in [0.4, 0.5) is 4.79 Å². The fraction of sp³-hybridized carbons (Fsp3) is 0.538. The molecular weight excluding hydrogens is 374 g/mol. The van der Waals surface area contributed by atoms with Gasteiger partial charge in [-0.1, -0.05) is 36.8 Å². The van der Waals surface area contributed by atoms with Gasteiger partial charge in [0, 0.05) is 30.0 Å². The number of fused-ring (bicyclic) bond motifs is 4. The summed E-state index contributed by atoms with van der Waals surface area (Å²) < 4.78 is 5.95. The van der Waals surface area contributed by atoms with E-state index in [0.29, 0.717) is 24.0 Å². The van der Waals surface area contributed by atoms with Gasteiger partial charge in [-0.05, 0) is 74.0 Å². The lowest BCUT2D eigenvalue weighted by atomic mass is 9.57. The number of hydrogen-bond acceptors (Lipinski definition) is 3. The van der Waals surface area contributed by atoms with Crippen LogP contribution in [0.5, 0.6) is 0 Å². The minimum absolute atomic E-state index is 0.00431. The van der Waals surface area contributed by atoms with Crippen LogP contribution in [0.25, 0.3) is 0 Å². The number of ketones is 1. The highest BCUT2D eigenvalue weighted by Crippen LogP contribution is 2.62. The first-order chi connectivity index (χ1) is 14.5. The third-order valence-corrected chi connectivity index (χ3v) is 8.07. The topological polar surface area (TPSA) is 55.4 Å². The molecule has 4 nitrogen and oxygen atoms in total. The van der Waals surface area contributed by atoms with Crippen molar-refractivity contribution < 1.29 is 14.3 Å². The summed E-state index contributed by atoms with van der Waals surface area (Å²) in [5.74, 6) is 0.945. The number of allylic oxidation sites excluding steroid dienone is 7. The number of alkyl carbamates (subject to hydrolysis) is 1. The van der Waals surface area contributed by atoms with Gasteiger partial charge in [0.1, 0.15) is 6.10 Å². The molecule has 5 aliphatic carbocycles. The van der Waals surface area contributed by atoms with Gasteiger partial charge >= 0.3 is 6.09 Å². The average molecular weight is 406 g/mol. The summed E-state index contributed by atoms with van der Waals surface area (Å²) in [6.07, 6.45) is 16.2. The summed E-state index contributed by atoms with van der Waals surface area (Å²) in [4.78, 5) is 24.2. The molecule has 0 heterocycles. The number of carbonyl (C=O) groups excluding carboxylic acids is 2. The summed E-state index contributed by atoms with van der Waals surface area (Å²) in [6, 6.07) is 0. The summed E-state index contributed by atoms with van der Waals surface area (Å²) in [5, 5.41) is 2.74. The van der Waals surface area contributed by atoms with Crippen molar-refractivity contribution in [3.8, 4) is 0 Å². The van der Waals surface area contributed by atoms with Crippen molar-refractivity contribution >= 4 is 11.9 Å². The average Bonchev–Trinajstić information content (AvgIpc) is 2.97. The summed E-state index contributed by atoms with van der Waals surface area (Å²) in [5.41, 5.74) is 6.62. The number of amides is 1. The smallest absolute Gasteiger partial charge is 0.411 e. The van der Waals surface area contributed by atoms with Crippen molar-refractivity contribution in [2.24, 2.45) is 17.3 Å². The van der Waals surface area contributed by atoms with Crippen molar-refractivity contribution in [1.29, 1.82) is 0 Å². The van der Waals surface area contributed by atoms with Crippen molar-refractivity contribution in [3.63, 3.8) is 0 Å². The van der Waals surface area contributed by atoms with E-state index < -0.39 is 6.09 Å². The number of ether oxygens (including phenoxy) is 1. The molecule has 30 heavy (non-hydrogen) atoms. The van der Waals surface area contributed by atoms with Crippen LogP contribution in [0.2, 0.25) is 0 Å². The maximum atomic E-state index is 12.6. The summed E-state index contributed by atoms with van der Waals surface area (Å²) >= 11 is 0. The Labute approximate surface area is 178 Å². The molecule has 1 amide bonds. The van der Waals surface area contributed by atoms with Crippen LogP contribution in [0.15, 0.2) is 58.9 Å². The molecule has 0 aromatic carbocycles. The number of hydrogen-bond donors (Lipinski definition) is 1. The molecule has 5 rings (SSSR count). The maximum absolute atomic E-state index is 12.6. The Morgan fingerprint density at radius 1 is 1.30 bits per heavy atom. The third-order valence-electron chi connectivity index (χ3n) is 8.07. The first kappa shape index (κ1) is 19.6. The van der Waals surface area contributed by atoms with E-state index in [-0.39, 0.29) is 17.3 Å². The molecule has 0 radical (unpaired) electrons. The molecule has 0 saturated heterocycles. The third kappa shape index (κ3) is 3.21. The number of carbonyl (C=O) groups is 2. The Hall–Kier alpha value is -2.36. The fourth-order valence-corrected chi connectivity index (χ4v) is 6.71. The largest absolute Gasteiger partial charge is 0.445 e. The fourth-order valence-electron chi connectivity index (χ4n) is 6.71. The van der Waals surface area contributed by atoms with Crippen LogP contribution in [0.1, 0.15) is 64.7 Å². The Balaban J connectivity index is 1.35. The lowest BCUT2D eigenvalue weighted by Crippen LogP contribution is -2.44. The van der Waals surface area contributed by atoms with E-state index in [4.69, 9.17) is 4.74 Å². The van der Waals surface area contributed by atoms with E-state index in [1.807, 2.05) is 0 Å². The van der Waals surface area contributed by atoms with Gasteiger partial charge in [0.2, 0.25) is 0 Å². The molecular formula is C26H31NO3. The quantitative estimate of drug-likeness (QED) is 0.601. The lowest BCUT2D eigenvalue weighted by Gasteiger charge is -2.48. The van der Waals surface area contributed by atoms with Gasteiger partial charge in [0.25, 0.3) is 0 Å². The van der Waals surface area contributed by atoms with Crippen LogP contribution in [-0.4, -0.2) is 18.0 Å². The second-order valence-corrected chi connectivity index (χ2v) is 9.81. The first-order valence-corrected chi connectivity index (χ1v) is 11.4. The van der Waals surface area contributed by atoms with Crippen molar-refractivity contribution in [2.45, 2.75) is 70.8 Å². The molecule has 2 saturated carbocycles. The highest BCUT2D eigenvalue weighted by Gasteiger charge is 2.56. The highest BCUT2D eigenvalue weighted by molar-refractivity contribution is 5.93. The summed E-state index contributed by atoms with van der Waals surface area (Å²) in [6.45, 7) is 6.74. The van der Waals surface area contributed by atoms with Gasteiger partial charge in [-0.15, -0.1) is 0 Å². The van der Waals surface area contributed by atoms with Crippen LogP contribution < -0.4 is 5.32 Å². The van der Waals surface area contributed by atoms with E-state index >= 15 is 0 Å². The van der Waals surface area contributed by atoms with Gasteiger partial charge < -0.3 is 4.74 Å². The molecule has 0 aliphatic heterocycles.